The maximum atomic E-state index is 4.48. The predicted octanol–water partition coefficient (Wildman–Crippen LogP) is 2.80. The standard InChI is InChI=1S/C9H13BrN2S2/c10-8-5-11-12(6-8)9(7-13)1-3-14-4-2-9/h5-6,13H,1-4,7H2. The molecule has 0 N–H and O–H groups in total. The van der Waals surface area contributed by atoms with Gasteiger partial charge in [-0.2, -0.15) is 29.5 Å². The number of aromatic nitrogens is 2. The van der Waals surface area contributed by atoms with Crippen LogP contribution in [-0.2, 0) is 5.54 Å². The third kappa shape index (κ3) is 1.99. The average molecular weight is 293 g/mol. The summed E-state index contributed by atoms with van der Waals surface area (Å²) in [4.78, 5) is 0. The van der Waals surface area contributed by atoms with E-state index < -0.39 is 0 Å². The molecule has 0 unspecified atom stereocenters. The number of thioether (sulfide) groups is 1. The van der Waals surface area contributed by atoms with Gasteiger partial charge in [0.05, 0.1) is 16.2 Å². The van der Waals surface area contributed by atoms with Gasteiger partial charge in [-0.15, -0.1) is 0 Å². The van der Waals surface area contributed by atoms with E-state index in [-0.39, 0.29) is 5.54 Å². The summed E-state index contributed by atoms with van der Waals surface area (Å²) < 4.78 is 3.14. The van der Waals surface area contributed by atoms with E-state index in [1.807, 2.05) is 18.0 Å². The number of hydrogen-bond donors (Lipinski definition) is 1. The molecule has 2 heterocycles. The lowest BCUT2D eigenvalue weighted by atomic mass is 9.95. The van der Waals surface area contributed by atoms with E-state index in [0.717, 1.165) is 10.2 Å². The molecule has 1 aliphatic heterocycles. The van der Waals surface area contributed by atoms with Gasteiger partial charge in [-0.1, -0.05) is 0 Å². The summed E-state index contributed by atoms with van der Waals surface area (Å²) in [6.07, 6.45) is 6.27. The zero-order valence-electron chi connectivity index (χ0n) is 7.82. The Bertz CT molecular complexity index is 308. The van der Waals surface area contributed by atoms with E-state index in [1.165, 1.54) is 24.3 Å². The monoisotopic (exact) mass is 292 g/mol. The van der Waals surface area contributed by atoms with E-state index in [0.29, 0.717) is 0 Å². The van der Waals surface area contributed by atoms with Crippen LogP contribution in [-0.4, -0.2) is 27.0 Å². The molecule has 0 amide bonds. The highest BCUT2D eigenvalue weighted by molar-refractivity contribution is 9.10. The van der Waals surface area contributed by atoms with Crippen LogP contribution in [0.25, 0.3) is 0 Å². The van der Waals surface area contributed by atoms with E-state index >= 15 is 0 Å². The smallest absolute Gasteiger partial charge is 0.0731 e. The van der Waals surface area contributed by atoms with Crippen molar-refractivity contribution in [2.24, 2.45) is 0 Å². The van der Waals surface area contributed by atoms with E-state index in [9.17, 15) is 0 Å². The molecule has 1 saturated heterocycles. The molecule has 0 saturated carbocycles. The summed E-state index contributed by atoms with van der Waals surface area (Å²) in [5.74, 6) is 3.32. The Morgan fingerprint density at radius 3 is 2.79 bits per heavy atom. The van der Waals surface area contributed by atoms with Crippen LogP contribution in [0.4, 0.5) is 0 Å². The molecule has 14 heavy (non-hydrogen) atoms. The predicted molar refractivity (Wildman–Crippen MR) is 68.3 cm³/mol. The first-order valence-electron chi connectivity index (χ1n) is 4.66. The number of nitrogens with zero attached hydrogens (tertiary/aromatic N) is 2. The fraction of sp³-hybridized carbons (Fsp3) is 0.667. The van der Waals surface area contributed by atoms with Gasteiger partial charge in [0.1, 0.15) is 0 Å². The van der Waals surface area contributed by atoms with Crippen LogP contribution >= 0.6 is 40.3 Å². The largest absolute Gasteiger partial charge is 0.265 e. The summed E-state index contributed by atoms with van der Waals surface area (Å²) in [5, 5.41) is 4.39. The van der Waals surface area contributed by atoms with Crippen molar-refractivity contribution >= 4 is 40.3 Å². The third-order valence-electron chi connectivity index (χ3n) is 2.75. The molecule has 1 aromatic heterocycles. The van der Waals surface area contributed by atoms with E-state index in [1.54, 1.807) is 0 Å². The van der Waals surface area contributed by atoms with Crippen LogP contribution in [0.2, 0.25) is 0 Å². The summed E-state index contributed by atoms with van der Waals surface area (Å²) in [6, 6.07) is 0. The molecule has 2 nitrogen and oxygen atoms in total. The highest BCUT2D eigenvalue weighted by Gasteiger charge is 2.33. The maximum absolute atomic E-state index is 4.48. The Morgan fingerprint density at radius 2 is 2.29 bits per heavy atom. The zero-order valence-corrected chi connectivity index (χ0v) is 11.1. The number of halogens is 1. The molecule has 1 fully saturated rings. The SMILES string of the molecule is SCC1(n2cc(Br)cn2)CCSCC1. The van der Waals surface area contributed by atoms with Crippen LogP contribution in [0, 0.1) is 0 Å². The first kappa shape index (κ1) is 10.9. The quantitative estimate of drug-likeness (QED) is 0.845. The molecule has 0 bridgehead atoms. The Kier molecular flexibility index (Phi) is 3.50. The van der Waals surface area contributed by atoms with Gasteiger partial charge < -0.3 is 0 Å². The van der Waals surface area contributed by atoms with Gasteiger partial charge in [-0.05, 0) is 40.3 Å². The fourth-order valence-corrected chi connectivity index (χ4v) is 3.77. The number of thiol groups is 1. The highest BCUT2D eigenvalue weighted by Crippen LogP contribution is 2.34. The van der Waals surface area contributed by atoms with E-state index in [4.69, 9.17) is 0 Å². The molecule has 2 rings (SSSR count). The highest BCUT2D eigenvalue weighted by atomic mass is 79.9. The van der Waals surface area contributed by atoms with Gasteiger partial charge in [-0.3, -0.25) is 4.68 Å². The number of hydrogen-bond acceptors (Lipinski definition) is 3. The molecule has 5 heteroatoms. The van der Waals surface area contributed by atoms with Crippen LogP contribution in [0.3, 0.4) is 0 Å². The lowest BCUT2D eigenvalue weighted by Crippen LogP contribution is -2.39. The average Bonchev–Trinajstić information content (AvgIpc) is 2.66. The molecule has 0 atom stereocenters. The molecule has 0 radical (unpaired) electrons. The topological polar surface area (TPSA) is 17.8 Å². The van der Waals surface area contributed by atoms with Crippen molar-refractivity contribution in [1.29, 1.82) is 0 Å². The molecule has 1 aromatic rings. The lowest BCUT2D eigenvalue weighted by molar-refractivity contribution is 0.271. The van der Waals surface area contributed by atoms with Crippen molar-refractivity contribution in [2.75, 3.05) is 17.3 Å². The van der Waals surface area contributed by atoms with Crippen LogP contribution in [0.5, 0.6) is 0 Å². The molecular weight excluding hydrogens is 280 g/mol. The summed E-state index contributed by atoms with van der Waals surface area (Å²) in [6.45, 7) is 0. The molecule has 0 aliphatic carbocycles. The van der Waals surface area contributed by atoms with Gasteiger partial charge >= 0.3 is 0 Å². The number of rotatable bonds is 2. The summed E-state index contributed by atoms with van der Waals surface area (Å²) >= 11 is 9.95. The second kappa shape index (κ2) is 4.49. The molecule has 1 aliphatic rings. The minimum absolute atomic E-state index is 0.153. The van der Waals surface area contributed by atoms with Crippen LogP contribution < -0.4 is 0 Å². The fourth-order valence-electron chi connectivity index (χ4n) is 1.77. The minimum Gasteiger partial charge on any atom is -0.265 e. The van der Waals surface area contributed by atoms with Crippen LogP contribution in [0.1, 0.15) is 12.8 Å². The minimum atomic E-state index is 0.153. The van der Waals surface area contributed by atoms with Crippen molar-refractivity contribution < 1.29 is 0 Å². The second-order valence-electron chi connectivity index (χ2n) is 3.60. The van der Waals surface area contributed by atoms with Crippen molar-refractivity contribution in [2.45, 2.75) is 18.4 Å². The first-order chi connectivity index (χ1) is 6.77. The second-order valence-corrected chi connectivity index (χ2v) is 6.05. The van der Waals surface area contributed by atoms with Crippen molar-refractivity contribution in [1.82, 2.24) is 9.78 Å². The van der Waals surface area contributed by atoms with Gasteiger partial charge in [0.2, 0.25) is 0 Å². The van der Waals surface area contributed by atoms with Gasteiger partial charge in [-0.25, -0.2) is 0 Å². The maximum Gasteiger partial charge on any atom is 0.0731 e. The van der Waals surface area contributed by atoms with Crippen LogP contribution in [0.15, 0.2) is 16.9 Å². The summed E-state index contributed by atoms with van der Waals surface area (Å²) in [5.41, 5.74) is 0.153. The Hall–Kier alpha value is 0.390. The van der Waals surface area contributed by atoms with Crippen molar-refractivity contribution in [3.8, 4) is 0 Å². The Balaban J connectivity index is 2.26. The lowest BCUT2D eigenvalue weighted by Gasteiger charge is -2.36. The summed E-state index contributed by atoms with van der Waals surface area (Å²) in [7, 11) is 0. The van der Waals surface area contributed by atoms with Gasteiger partial charge in [0.25, 0.3) is 0 Å². The Labute approximate surface area is 102 Å². The Morgan fingerprint density at radius 1 is 1.57 bits per heavy atom. The molecule has 78 valence electrons. The van der Waals surface area contributed by atoms with Crippen molar-refractivity contribution in [3.05, 3.63) is 16.9 Å². The normalized spacial score (nSPS) is 21.0. The van der Waals surface area contributed by atoms with E-state index in [2.05, 4.69) is 44.5 Å². The first-order valence-corrected chi connectivity index (χ1v) is 7.24. The van der Waals surface area contributed by atoms with Crippen molar-refractivity contribution in [3.63, 3.8) is 0 Å². The third-order valence-corrected chi connectivity index (χ3v) is 4.74. The van der Waals surface area contributed by atoms with Gasteiger partial charge in [0, 0.05) is 11.9 Å². The van der Waals surface area contributed by atoms with Gasteiger partial charge in [0.15, 0.2) is 0 Å². The molecule has 0 spiro atoms. The molecule has 0 aromatic carbocycles. The zero-order chi connectivity index (χ0) is 10.0. The molecular formula is C9H13BrN2S2.